The maximum atomic E-state index is 12.4. The van der Waals surface area contributed by atoms with Crippen LogP contribution in [0.4, 0.5) is 0 Å². The molecule has 0 bridgehead atoms. The van der Waals surface area contributed by atoms with E-state index in [2.05, 4.69) is 20.9 Å². The molecular weight excluding hydrogens is 340 g/mol. The first-order valence-corrected chi connectivity index (χ1v) is 8.20. The van der Waals surface area contributed by atoms with Gasteiger partial charge in [-0.1, -0.05) is 24.9 Å². The van der Waals surface area contributed by atoms with Gasteiger partial charge in [0.25, 0.3) is 0 Å². The van der Waals surface area contributed by atoms with E-state index in [1.54, 1.807) is 7.05 Å². The topological polar surface area (TPSA) is 50.3 Å². The van der Waals surface area contributed by atoms with Crippen LogP contribution >= 0.6 is 27.5 Å². The zero-order chi connectivity index (χ0) is 13.9. The van der Waals surface area contributed by atoms with E-state index in [4.69, 9.17) is 11.6 Å². The Hall–Kier alpha value is -0.170. The lowest BCUT2D eigenvalue weighted by atomic mass is 10.2. The summed E-state index contributed by atoms with van der Waals surface area (Å²) in [4.78, 5) is 3.88. The smallest absolute Gasteiger partial charge is 0.242 e. The molecule has 1 atom stereocenters. The number of rotatable bonds is 5. The molecular formula is C11H16BrClN2O2S. The largest absolute Gasteiger partial charge is 0.246 e. The number of hydrogen-bond donors (Lipinski definition) is 0. The van der Waals surface area contributed by atoms with Gasteiger partial charge in [0.1, 0.15) is 10.0 Å². The van der Waals surface area contributed by atoms with Crippen molar-refractivity contribution < 1.29 is 8.42 Å². The van der Waals surface area contributed by atoms with Gasteiger partial charge >= 0.3 is 0 Å². The van der Waals surface area contributed by atoms with E-state index in [1.165, 1.54) is 16.6 Å². The molecule has 1 aromatic rings. The summed E-state index contributed by atoms with van der Waals surface area (Å²) in [7, 11) is -2.04. The standard InChI is InChI=1S/C11H16BrClN2O2S/c1-4-5-8(2)15(3)18(16,17)10-6-9(12)7-14-11(10)13/h6-8H,4-5H2,1-3H3. The molecule has 102 valence electrons. The number of pyridine rings is 1. The Labute approximate surface area is 122 Å². The predicted octanol–water partition coefficient (Wildman–Crippen LogP) is 3.31. The van der Waals surface area contributed by atoms with Crippen LogP contribution in [0.25, 0.3) is 0 Å². The van der Waals surface area contributed by atoms with Gasteiger partial charge in [-0.15, -0.1) is 0 Å². The van der Waals surface area contributed by atoms with Crippen LogP contribution in [0.15, 0.2) is 21.6 Å². The van der Waals surface area contributed by atoms with Crippen molar-refractivity contribution in [3.8, 4) is 0 Å². The summed E-state index contributed by atoms with van der Waals surface area (Å²) in [5.41, 5.74) is 0. The minimum absolute atomic E-state index is 0.00579. The molecule has 18 heavy (non-hydrogen) atoms. The van der Waals surface area contributed by atoms with Crippen molar-refractivity contribution in [1.82, 2.24) is 9.29 Å². The van der Waals surface area contributed by atoms with Crippen molar-refractivity contribution in [2.75, 3.05) is 7.05 Å². The molecule has 4 nitrogen and oxygen atoms in total. The molecule has 0 aromatic carbocycles. The average Bonchev–Trinajstić information content (AvgIpc) is 2.31. The van der Waals surface area contributed by atoms with E-state index in [0.717, 1.165) is 12.8 Å². The fourth-order valence-corrected chi connectivity index (χ4v) is 3.89. The summed E-state index contributed by atoms with van der Waals surface area (Å²) < 4.78 is 26.7. The Morgan fingerprint density at radius 3 is 2.72 bits per heavy atom. The second-order valence-electron chi connectivity index (χ2n) is 4.10. The minimum Gasteiger partial charge on any atom is -0.242 e. The number of sulfonamides is 1. The molecule has 1 unspecified atom stereocenters. The van der Waals surface area contributed by atoms with Crippen LogP contribution in [0.3, 0.4) is 0 Å². The maximum absolute atomic E-state index is 12.4. The molecule has 0 spiro atoms. The molecule has 1 rings (SSSR count). The third kappa shape index (κ3) is 3.44. The Morgan fingerprint density at radius 1 is 1.56 bits per heavy atom. The molecule has 0 saturated heterocycles. The quantitative estimate of drug-likeness (QED) is 0.761. The van der Waals surface area contributed by atoms with Gasteiger partial charge in [-0.2, -0.15) is 4.31 Å². The molecule has 1 heterocycles. The van der Waals surface area contributed by atoms with E-state index < -0.39 is 10.0 Å². The highest BCUT2D eigenvalue weighted by Crippen LogP contribution is 2.26. The van der Waals surface area contributed by atoms with Crippen molar-refractivity contribution in [3.05, 3.63) is 21.9 Å². The predicted molar refractivity (Wildman–Crippen MR) is 76.3 cm³/mol. The molecule has 7 heteroatoms. The van der Waals surface area contributed by atoms with Gasteiger partial charge < -0.3 is 0 Å². The van der Waals surface area contributed by atoms with Crippen LogP contribution < -0.4 is 0 Å². The summed E-state index contributed by atoms with van der Waals surface area (Å²) in [6, 6.07) is 1.40. The van der Waals surface area contributed by atoms with E-state index in [1.807, 2.05) is 13.8 Å². The van der Waals surface area contributed by atoms with Gasteiger partial charge in [-0.3, -0.25) is 0 Å². The number of aromatic nitrogens is 1. The van der Waals surface area contributed by atoms with Crippen LogP contribution in [0.1, 0.15) is 26.7 Å². The Balaban J connectivity index is 3.17. The molecule has 0 aliphatic carbocycles. The van der Waals surface area contributed by atoms with Gasteiger partial charge in [0.05, 0.1) is 0 Å². The Bertz CT molecular complexity index is 522. The van der Waals surface area contributed by atoms with Gasteiger partial charge in [-0.05, 0) is 35.3 Å². The van der Waals surface area contributed by atoms with Crippen LogP contribution in [0.2, 0.25) is 5.15 Å². The number of halogens is 2. The molecule has 0 fully saturated rings. The van der Waals surface area contributed by atoms with Gasteiger partial charge in [0, 0.05) is 23.8 Å². The molecule has 0 amide bonds. The van der Waals surface area contributed by atoms with Crippen molar-refractivity contribution in [2.24, 2.45) is 0 Å². The lowest BCUT2D eigenvalue weighted by molar-refractivity contribution is 0.368. The van der Waals surface area contributed by atoms with E-state index in [-0.39, 0.29) is 16.1 Å². The maximum Gasteiger partial charge on any atom is 0.246 e. The monoisotopic (exact) mass is 354 g/mol. The zero-order valence-corrected chi connectivity index (χ0v) is 13.7. The SMILES string of the molecule is CCCC(C)N(C)S(=O)(=O)c1cc(Br)cnc1Cl. The van der Waals surface area contributed by atoms with Crippen LogP contribution in [0, 0.1) is 0 Å². The van der Waals surface area contributed by atoms with Gasteiger partial charge in [0.2, 0.25) is 10.0 Å². The highest BCUT2D eigenvalue weighted by molar-refractivity contribution is 9.10. The van der Waals surface area contributed by atoms with Crippen molar-refractivity contribution in [2.45, 2.75) is 37.6 Å². The minimum atomic E-state index is -3.60. The normalized spacial score (nSPS) is 13.9. The second-order valence-corrected chi connectivity index (χ2v) is 7.34. The third-order valence-electron chi connectivity index (χ3n) is 2.76. The second kappa shape index (κ2) is 6.32. The first kappa shape index (κ1) is 15.9. The third-order valence-corrected chi connectivity index (χ3v) is 5.59. The van der Waals surface area contributed by atoms with E-state index in [9.17, 15) is 8.42 Å². The van der Waals surface area contributed by atoms with Crippen molar-refractivity contribution in [1.29, 1.82) is 0 Å². The summed E-state index contributed by atoms with van der Waals surface area (Å²) in [6.45, 7) is 3.89. The summed E-state index contributed by atoms with van der Waals surface area (Å²) in [6.07, 6.45) is 3.19. The van der Waals surface area contributed by atoms with Crippen molar-refractivity contribution >= 4 is 37.6 Å². The Morgan fingerprint density at radius 2 is 2.17 bits per heavy atom. The average molecular weight is 356 g/mol. The lowest BCUT2D eigenvalue weighted by Gasteiger charge is -2.24. The fraction of sp³-hybridized carbons (Fsp3) is 0.545. The zero-order valence-electron chi connectivity index (χ0n) is 10.5. The Kier molecular flexibility index (Phi) is 5.58. The first-order chi connectivity index (χ1) is 8.30. The van der Waals surface area contributed by atoms with E-state index >= 15 is 0 Å². The van der Waals surface area contributed by atoms with Gasteiger partial charge in [0.15, 0.2) is 0 Å². The molecule has 0 aliphatic rings. The van der Waals surface area contributed by atoms with Crippen LogP contribution in [-0.4, -0.2) is 30.8 Å². The molecule has 0 radical (unpaired) electrons. The highest BCUT2D eigenvalue weighted by atomic mass is 79.9. The van der Waals surface area contributed by atoms with Crippen LogP contribution in [-0.2, 0) is 10.0 Å². The molecule has 0 saturated carbocycles. The first-order valence-electron chi connectivity index (χ1n) is 5.59. The highest BCUT2D eigenvalue weighted by Gasteiger charge is 2.27. The fourth-order valence-electron chi connectivity index (χ4n) is 1.58. The summed E-state index contributed by atoms with van der Waals surface area (Å²) in [5, 5.41) is -0.00579. The molecule has 0 aliphatic heterocycles. The molecule has 0 N–H and O–H groups in total. The molecule has 1 aromatic heterocycles. The number of nitrogens with zero attached hydrogens (tertiary/aromatic N) is 2. The van der Waals surface area contributed by atoms with Crippen LogP contribution in [0.5, 0.6) is 0 Å². The lowest BCUT2D eigenvalue weighted by Crippen LogP contribution is -2.35. The van der Waals surface area contributed by atoms with Gasteiger partial charge in [-0.25, -0.2) is 13.4 Å². The van der Waals surface area contributed by atoms with Crippen molar-refractivity contribution in [3.63, 3.8) is 0 Å². The summed E-state index contributed by atoms with van der Waals surface area (Å²) >= 11 is 9.07. The summed E-state index contributed by atoms with van der Waals surface area (Å²) in [5.74, 6) is 0. The number of hydrogen-bond acceptors (Lipinski definition) is 3. The van der Waals surface area contributed by atoms with E-state index in [0.29, 0.717) is 4.47 Å².